The largest absolute Gasteiger partial charge is 0.491 e. The number of rotatable bonds is 21. The number of nitrogens with zero attached hydrogens (tertiary/aromatic N) is 7. The van der Waals surface area contributed by atoms with E-state index in [0.29, 0.717) is 43.0 Å². The number of alkyl halides is 4. The summed E-state index contributed by atoms with van der Waals surface area (Å²) in [5.41, 5.74) is 5.28. The molecule has 17 nitrogen and oxygen atoms in total. The number of likely N-dealkylation sites (tertiary alicyclic amines) is 1. The van der Waals surface area contributed by atoms with E-state index in [9.17, 15) is 42.2 Å². The summed E-state index contributed by atoms with van der Waals surface area (Å²) < 4.78 is 67.8. The predicted molar refractivity (Wildman–Crippen MR) is 288 cm³/mol. The number of aromatic nitrogens is 4. The highest BCUT2D eigenvalue weighted by molar-refractivity contribution is 7.13. The SMILES string of the molecule is Cc1ncsc1-c1ccc(CNC(=O)[C@@H]2C[C@@H](O)CN2C(=O)[C@@H](NC(=O)C2(F)CC2)C(C)(C)C)c(OCCOCCN2CCN(Cc3ccc(-c4cn(C5CCC(O)CC5)c5nc(NCCC(F)(F)F)ncc45)cc3)CC2)c1. The average Bonchev–Trinajstić information content (AvgIpc) is 3.68. The van der Waals surface area contributed by atoms with Gasteiger partial charge in [0, 0.05) is 100 Å². The van der Waals surface area contributed by atoms with Gasteiger partial charge in [-0.1, -0.05) is 57.2 Å². The second-order valence-corrected chi connectivity index (χ2v) is 23.2. The smallest absolute Gasteiger partial charge is 0.390 e. The van der Waals surface area contributed by atoms with Crippen molar-refractivity contribution < 1.29 is 51.6 Å². The Balaban J connectivity index is 0.743. The maximum absolute atomic E-state index is 14.7. The Bertz CT molecular complexity index is 2880. The second kappa shape index (κ2) is 24.3. The zero-order chi connectivity index (χ0) is 55.4. The van der Waals surface area contributed by atoms with Crippen LogP contribution in [0, 0.1) is 12.3 Å². The molecule has 422 valence electrons. The minimum atomic E-state index is -4.29. The predicted octanol–water partition coefficient (Wildman–Crippen LogP) is 7.19. The van der Waals surface area contributed by atoms with Gasteiger partial charge in [-0.2, -0.15) is 18.2 Å². The van der Waals surface area contributed by atoms with Crippen molar-refractivity contribution in [2.45, 2.75) is 134 Å². The number of carbonyl (C=O) groups is 3. The monoisotopic (exact) mass is 1100 g/mol. The Morgan fingerprint density at radius 1 is 0.910 bits per heavy atom. The van der Waals surface area contributed by atoms with Gasteiger partial charge >= 0.3 is 6.18 Å². The van der Waals surface area contributed by atoms with Crippen LogP contribution in [-0.2, 0) is 32.2 Å². The lowest BCUT2D eigenvalue weighted by atomic mass is 9.85. The van der Waals surface area contributed by atoms with Crippen LogP contribution in [0.2, 0.25) is 0 Å². The lowest BCUT2D eigenvalue weighted by Gasteiger charge is -2.35. The van der Waals surface area contributed by atoms with Crippen molar-refractivity contribution in [1.82, 2.24) is 44.9 Å². The Labute approximate surface area is 456 Å². The molecule has 2 saturated carbocycles. The highest BCUT2D eigenvalue weighted by Crippen LogP contribution is 2.41. The highest BCUT2D eigenvalue weighted by atomic mass is 32.1. The lowest BCUT2D eigenvalue weighted by Crippen LogP contribution is -2.59. The maximum Gasteiger partial charge on any atom is 0.390 e. The zero-order valence-corrected chi connectivity index (χ0v) is 45.6. The van der Waals surface area contributed by atoms with Crippen LogP contribution < -0.4 is 20.7 Å². The van der Waals surface area contributed by atoms with Crippen molar-refractivity contribution in [3.05, 3.63) is 77.2 Å². The number of anilines is 1. The van der Waals surface area contributed by atoms with Crippen LogP contribution in [0.4, 0.5) is 23.5 Å². The van der Waals surface area contributed by atoms with Crippen LogP contribution in [-0.4, -0.2) is 164 Å². The van der Waals surface area contributed by atoms with Crippen LogP contribution >= 0.6 is 11.3 Å². The number of benzene rings is 2. The fourth-order valence-electron chi connectivity index (χ4n) is 10.6. The van der Waals surface area contributed by atoms with Crippen LogP contribution in [0.25, 0.3) is 32.6 Å². The van der Waals surface area contributed by atoms with Crippen molar-refractivity contribution >= 4 is 46.0 Å². The number of carbonyl (C=O) groups excluding carboxylic acids is 3. The minimum Gasteiger partial charge on any atom is -0.491 e. The summed E-state index contributed by atoms with van der Waals surface area (Å²) in [5, 5.41) is 30.0. The number of aliphatic hydroxyl groups is 2. The van der Waals surface area contributed by atoms with Gasteiger partial charge in [0.1, 0.15) is 30.1 Å². The number of hydrogen-bond acceptors (Lipinski definition) is 14. The molecule has 2 aliphatic heterocycles. The van der Waals surface area contributed by atoms with E-state index in [0.717, 1.165) is 84.8 Å². The van der Waals surface area contributed by atoms with E-state index in [2.05, 4.69) is 75.7 Å². The molecule has 9 rings (SSSR count). The average molecular weight is 1110 g/mol. The molecule has 5 aromatic rings. The molecule has 0 radical (unpaired) electrons. The molecule has 78 heavy (non-hydrogen) atoms. The number of piperazine rings is 1. The van der Waals surface area contributed by atoms with Gasteiger partial charge in [0.25, 0.3) is 5.91 Å². The van der Waals surface area contributed by atoms with Gasteiger partial charge in [0.2, 0.25) is 17.8 Å². The van der Waals surface area contributed by atoms with Gasteiger partial charge in [-0.05, 0) is 73.6 Å². The molecule has 4 fully saturated rings. The van der Waals surface area contributed by atoms with E-state index in [-0.39, 0.29) is 63.6 Å². The summed E-state index contributed by atoms with van der Waals surface area (Å²) in [4.78, 5) is 61.1. The number of ether oxygens (including phenoxy) is 2. The Kier molecular flexibility index (Phi) is 17.7. The summed E-state index contributed by atoms with van der Waals surface area (Å²) in [5.74, 6) is -1.15. The fourth-order valence-corrected chi connectivity index (χ4v) is 11.4. The highest BCUT2D eigenvalue weighted by Gasteiger charge is 2.53. The quantitative estimate of drug-likeness (QED) is 0.0366. The molecule has 2 saturated heterocycles. The number of halogens is 4. The molecular formula is C56H72F4N10O7S. The Morgan fingerprint density at radius 2 is 1.63 bits per heavy atom. The molecule has 5 heterocycles. The molecule has 4 aliphatic rings. The number of aryl methyl sites for hydroxylation is 1. The summed E-state index contributed by atoms with van der Waals surface area (Å²) in [6.07, 6.45) is 0.298. The molecule has 3 amide bonds. The Morgan fingerprint density at radius 3 is 2.31 bits per heavy atom. The van der Waals surface area contributed by atoms with Crippen LogP contribution in [0.3, 0.4) is 0 Å². The fraction of sp³-hybridized carbons (Fsp3) is 0.571. The molecule has 0 unspecified atom stereocenters. The van der Waals surface area contributed by atoms with Crippen molar-refractivity contribution in [2.24, 2.45) is 5.41 Å². The number of nitrogens with one attached hydrogen (secondary N) is 3. The van der Waals surface area contributed by atoms with Gasteiger partial charge in [0.05, 0.1) is 47.9 Å². The van der Waals surface area contributed by atoms with E-state index >= 15 is 0 Å². The topological polar surface area (TPSA) is 200 Å². The number of fused-ring (bicyclic) bond motifs is 1. The standard InChI is InChI=1S/C56H72F4N10O7S/c1-35-47(78-34-64-35)38-9-10-39(29-62-50(73)45-28-42(72)32-70(45)51(74)48(54(2,3)4)65-52(75)55(57)15-16-55)46(27-38)77-26-25-76-24-23-67-19-21-68(22-20-67)31-36-5-7-37(8-6-36)44-33-69(40-11-13-41(71)14-12-40)49-43(44)30-63-53(66-49)61-18-17-56(58,59)60/h5-10,27,30,33-34,40-42,45,48,71-72H,11-26,28-29,31-32H2,1-4H3,(H,62,73)(H,65,75)(H,61,63,66)/t40?,41?,42-,45+,48-/m1/s1. The zero-order valence-electron chi connectivity index (χ0n) is 44.8. The molecule has 22 heteroatoms. The van der Waals surface area contributed by atoms with Gasteiger partial charge in [-0.15, -0.1) is 11.3 Å². The number of thiazole rings is 1. The first-order chi connectivity index (χ1) is 37.2. The number of β-amino-alcohol motifs (C(OH)–C–C–N with tert-alkyl or cyclic N) is 1. The first-order valence-electron chi connectivity index (χ1n) is 27.1. The molecule has 3 atom stereocenters. The molecule has 5 N–H and O–H groups in total. The van der Waals surface area contributed by atoms with Crippen molar-refractivity contribution in [3.8, 4) is 27.3 Å². The number of aliphatic hydroxyl groups excluding tert-OH is 2. The summed E-state index contributed by atoms with van der Waals surface area (Å²) in [6.45, 7) is 13.1. The van der Waals surface area contributed by atoms with Gasteiger partial charge < -0.3 is 45.1 Å². The maximum atomic E-state index is 14.7. The van der Waals surface area contributed by atoms with E-state index in [1.807, 2.05) is 25.1 Å². The van der Waals surface area contributed by atoms with E-state index in [4.69, 9.17) is 9.47 Å². The van der Waals surface area contributed by atoms with E-state index < -0.39 is 59.6 Å². The summed E-state index contributed by atoms with van der Waals surface area (Å²) in [7, 11) is 0. The lowest BCUT2D eigenvalue weighted by molar-refractivity contribution is -0.145. The normalized spacial score (nSPS) is 21.4. The number of amides is 3. The van der Waals surface area contributed by atoms with Crippen LogP contribution in [0.1, 0.15) is 95.0 Å². The molecule has 0 spiro atoms. The van der Waals surface area contributed by atoms with E-state index in [1.54, 1.807) is 32.5 Å². The molecule has 2 aromatic carbocycles. The van der Waals surface area contributed by atoms with Crippen molar-refractivity contribution in [2.75, 3.05) is 71.0 Å². The molecular weight excluding hydrogens is 1030 g/mol. The van der Waals surface area contributed by atoms with Gasteiger partial charge in [0.15, 0.2) is 5.67 Å². The van der Waals surface area contributed by atoms with Crippen LogP contribution in [0.5, 0.6) is 5.75 Å². The third-order valence-electron chi connectivity index (χ3n) is 15.4. The minimum absolute atomic E-state index is 0.0128. The molecule has 3 aromatic heterocycles. The first kappa shape index (κ1) is 56.9. The third-order valence-corrected chi connectivity index (χ3v) is 16.4. The van der Waals surface area contributed by atoms with Gasteiger partial charge in [-0.3, -0.25) is 24.2 Å². The first-order valence-corrected chi connectivity index (χ1v) is 28.0. The Hall–Kier alpha value is -5.78. The second-order valence-electron chi connectivity index (χ2n) is 22.4. The summed E-state index contributed by atoms with van der Waals surface area (Å²) in [6, 6.07) is 12.2. The van der Waals surface area contributed by atoms with E-state index in [1.165, 1.54) is 21.8 Å². The molecule has 2 aliphatic carbocycles. The van der Waals surface area contributed by atoms with Crippen LogP contribution in [0.15, 0.2) is 60.4 Å². The number of hydrogen-bond donors (Lipinski definition) is 5. The summed E-state index contributed by atoms with van der Waals surface area (Å²) >= 11 is 1.51. The molecule has 0 bridgehead atoms. The van der Waals surface area contributed by atoms with Gasteiger partial charge in [-0.25, -0.2) is 14.4 Å². The third kappa shape index (κ3) is 14.1. The van der Waals surface area contributed by atoms with Crippen molar-refractivity contribution in [3.63, 3.8) is 0 Å². The van der Waals surface area contributed by atoms with Crippen molar-refractivity contribution in [1.29, 1.82) is 0 Å².